The predicted octanol–water partition coefficient (Wildman–Crippen LogP) is 19.1. The predicted molar refractivity (Wildman–Crippen MR) is 349 cm³/mol. The van der Waals surface area contributed by atoms with Gasteiger partial charge in [0.25, 0.3) is 11.1 Å². The molecule has 0 bridgehead atoms. The van der Waals surface area contributed by atoms with E-state index in [4.69, 9.17) is 0 Å². The number of aliphatic hydroxyl groups excluding tert-OH is 1. The summed E-state index contributed by atoms with van der Waals surface area (Å²) in [5.41, 5.74) is 15.0. The lowest BCUT2D eigenvalue weighted by Gasteiger charge is -2.25. The number of thiophene rings is 2. The first-order valence-electron chi connectivity index (χ1n) is 28.0. The number of hydrogen-bond acceptors (Lipinski definition) is 5. The summed E-state index contributed by atoms with van der Waals surface area (Å²) in [6, 6.07) is 79.6. The van der Waals surface area contributed by atoms with E-state index in [1.54, 1.807) is 11.3 Å². The van der Waals surface area contributed by atoms with Gasteiger partial charge in [-0.25, -0.2) is 0 Å². The van der Waals surface area contributed by atoms with Crippen LogP contribution < -0.4 is 11.1 Å². The first-order valence-corrected chi connectivity index (χ1v) is 29.7. The Kier molecular flexibility index (Phi) is 8.37. The smallest absolute Gasteiger partial charge is 0.263 e. The standard InChI is InChI=1S/C75H39N3O3S2/c79-73-54-13-4-2-10-45(54)59-35-43(36-60-56-31-39(21-27-62(56)76(73)71(59)60)40-22-29-65-57(32-40)47-11-5-6-18-64(47)82-65)41-23-30-66-58(33-41)48-25-20-42(37-67(48)83-66)38-19-24-46-50-15-8-17-55-68-63(77(70(50)55)75(81)61(46)34-38)28-26-52-51-16-7-14-49-44-9-1-3-12-53(44)74(80)78(69(49)51)72(52)68/h1-37,74,80H. The fraction of sp³-hybridized carbons (Fsp3) is 0.0133. The third-order valence-corrected chi connectivity index (χ3v) is 20.9. The molecule has 0 saturated heterocycles. The SMILES string of the molecule is O=c1c2ccccc2c2cc(-c3ccc4sc5cc(-c6ccc7c(c6)c(=O)n6c8ccc9c%10cccc%11c%10n(c9c8c8cccc7c86)C(O)c6ccccc6-%11)ccc5c4c3)cc3c4cc(-c5ccc6sc7ccccc7c6c5)ccc4n1c23. The zero-order valence-corrected chi connectivity index (χ0v) is 45.5. The maximum Gasteiger partial charge on any atom is 0.263 e. The van der Waals surface area contributed by atoms with Crippen LogP contribution in [0.25, 0.3) is 183 Å². The van der Waals surface area contributed by atoms with Gasteiger partial charge < -0.3 is 9.67 Å². The second-order valence-electron chi connectivity index (χ2n) is 22.7. The molecule has 0 spiro atoms. The van der Waals surface area contributed by atoms with Crippen LogP contribution in [0.15, 0.2) is 234 Å². The van der Waals surface area contributed by atoms with Crippen molar-refractivity contribution in [2.45, 2.75) is 6.23 Å². The van der Waals surface area contributed by atoms with Gasteiger partial charge in [-0.2, -0.15) is 0 Å². The van der Waals surface area contributed by atoms with Crippen LogP contribution in [0.3, 0.4) is 0 Å². The van der Waals surface area contributed by atoms with Gasteiger partial charge in [0.2, 0.25) is 0 Å². The van der Waals surface area contributed by atoms with Crippen molar-refractivity contribution in [3.8, 4) is 44.5 Å². The molecular formula is C75H39N3O3S2. The fourth-order valence-electron chi connectivity index (χ4n) is 15.0. The minimum absolute atomic E-state index is 0.00182. The van der Waals surface area contributed by atoms with E-state index in [2.05, 4.69) is 193 Å². The first kappa shape index (κ1) is 44.5. The molecule has 1 unspecified atom stereocenters. The minimum Gasteiger partial charge on any atom is -0.369 e. The van der Waals surface area contributed by atoms with Crippen molar-refractivity contribution in [2.75, 3.05) is 0 Å². The zero-order chi connectivity index (χ0) is 54.2. The number of benzene rings is 12. The summed E-state index contributed by atoms with van der Waals surface area (Å²) in [5, 5.41) is 28.7. The number of nitrogens with zero attached hydrogens (tertiary/aromatic N) is 3. The molecule has 0 aliphatic carbocycles. The maximum absolute atomic E-state index is 15.3. The van der Waals surface area contributed by atoms with E-state index in [-0.39, 0.29) is 11.1 Å². The highest BCUT2D eigenvalue weighted by molar-refractivity contribution is 7.26. The summed E-state index contributed by atoms with van der Waals surface area (Å²) < 4.78 is 10.9. The van der Waals surface area contributed by atoms with Crippen LogP contribution in [0.2, 0.25) is 0 Å². The van der Waals surface area contributed by atoms with Crippen molar-refractivity contribution in [3.63, 3.8) is 0 Å². The molecule has 8 heteroatoms. The molecule has 0 radical (unpaired) electrons. The maximum atomic E-state index is 15.3. The van der Waals surface area contributed by atoms with E-state index in [0.717, 1.165) is 137 Å². The van der Waals surface area contributed by atoms with Gasteiger partial charge in [0.15, 0.2) is 6.23 Å². The molecule has 20 rings (SSSR count). The van der Waals surface area contributed by atoms with E-state index in [1.165, 1.54) is 40.3 Å². The Morgan fingerprint density at radius 2 is 0.771 bits per heavy atom. The number of aromatic nitrogens is 3. The molecule has 6 nitrogen and oxygen atoms in total. The molecule has 83 heavy (non-hydrogen) atoms. The second kappa shape index (κ2) is 15.6. The van der Waals surface area contributed by atoms with Crippen molar-refractivity contribution in [2.24, 2.45) is 0 Å². The summed E-state index contributed by atoms with van der Waals surface area (Å²) in [7, 11) is 0. The van der Waals surface area contributed by atoms with Gasteiger partial charge >= 0.3 is 0 Å². The second-order valence-corrected chi connectivity index (χ2v) is 24.8. The molecule has 0 amide bonds. The van der Waals surface area contributed by atoms with Gasteiger partial charge in [-0.1, -0.05) is 146 Å². The zero-order valence-electron chi connectivity index (χ0n) is 43.9. The Hall–Kier alpha value is -10.2. The van der Waals surface area contributed by atoms with Crippen molar-refractivity contribution in [3.05, 3.63) is 251 Å². The average Bonchev–Trinajstić information content (AvgIpc) is 2.04. The van der Waals surface area contributed by atoms with Crippen molar-refractivity contribution in [1.82, 2.24) is 13.4 Å². The Morgan fingerprint density at radius 1 is 0.301 bits per heavy atom. The van der Waals surface area contributed by atoms with Crippen LogP contribution in [0.4, 0.5) is 0 Å². The number of fused-ring (bicyclic) bond motifs is 22. The summed E-state index contributed by atoms with van der Waals surface area (Å²) in [6.07, 6.45) is -0.889. The van der Waals surface area contributed by atoms with Crippen molar-refractivity contribution in [1.29, 1.82) is 0 Å². The van der Waals surface area contributed by atoms with E-state index in [0.29, 0.717) is 10.8 Å². The fourth-order valence-corrected chi connectivity index (χ4v) is 17.2. The first-order chi connectivity index (χ1) is 40.9. The molecule has 0 fully saturated rings. The molecule has 19 aromatic rings. The van der Waals surface area contributed by atoms with Crippen LogP contribution in [0, 0.1) is 0 Å². The van der Waals surface area contributed by atoms with Crippen LogP contribution in [0.5, 0.6) is 0 Å². The molecule has 7 aromatic heterocycles. The van der Waals surface area contributed by atoms with Gasteiger partial charge in [0, 0.05) is 105 Å². The highest BCUT2D eigenvalue weighted by atomic mass is 32.1. The molecule has 0 saturated carbocycles. The monoisotopic (exact) mass is 1090 g/mol. The van der Waals surface area contributed by atoms with Crippen molar-refractivity contribution >= 4 is 161 Å². The Bertz CT molecular complexity index is 6330. The minimum atomic E-state index is -0.889. The number of para-hydroxylation sites is 2. The molecule has 1 atom stereocenters. The third-order valence-electron chi connectivity index (χ3n) is 18.6. The highest BCUT2D eigenvalue weighted by Crippen LogP contribution is 2.50. The lowest BCUT2D eigenvalue weighted by atomic mass is 9.94. The normalized spacial score (nSPS) is 13.8. The number of aliphatic hydroxyl groups is 1. The summed E-state index contributed by atoms with van der Waals surface area (Å²) in [6.45, 7) is 0. The molecule has 1 aliphatic rings. The Balaban J connectivity index is 0.729. The van der Waals surface area contributed by atoms with Crippen LogP contribution >= 0.6 is 22.7 Å². The lowest BCUT2D eigenvalue weighted by molar-refractivity contribution is 0.155. The number of rotatable bonds is 3. The lowest BCUT2D eigenvalue weighted by Crippen LogP contribution is -2.15. The summed E-state index contributed by atoms with van der Waals surface area (Å²) in [4.78, 5) is 29.8. The van der Waals surface area contributed by atoms with Gasteiger partial charge in [-0.15, -0.1) is 22.7 Å². The number of pyridine rings is 2. The van der Waals surface area contributed by atoms with Crippen LogP contribution in [0.1, 0.15) is 11.8 Å². The van der Waals surface area contributed by atoms with Crippen LogP contribution in [-0.2, 0) is 0 Å². The van der Waals surface area contributed by atoms with E-state index in [1.807, 2.05) is 56.5 Å². The Morgan fingerprint density at radius 3 is 1.59 bits per heavy atom. The molecule has 8 heterocycles. The molecular weight excluding hydrogens is 1050 g/mol. The van der Waals surface area contributed by atoms with Gasteiger partial charge in [-0.3, -0.25) is 18.4 Å². The van der Waals surface area contributed by atoms with Gasteiger partial charge in [0.1, 0.15) is 0 Å². The van der Waals surface area contributed by atoms with Crippen molar-refractivity contribution < 1.29 is 5.11 Å². The molecule has 1 N–H and O–H groups in total. The average molecular weight is 1090 g/mol. The van der Waals surface area contributed by atoms with E-state index in [9.17, 15) is 9.90 Å². The number of hydrogen-bond donors (Lipinski definition) is 1. The van der Waals surface area contributed by atoms with Gasteiger partial charge in [-0.05, 0) is 129 Å². The quantitative estimate of drug-likeness (QED) is 0.179. The summed E-state index contributed by atoms with van der Waals surface area (Å²) in [5.74, 6) is 0. The summed E-state index contributed by atoms with van der Waals surface area (Å²) >= 11 is 3.61. The van der Waals surface area contributed by atoms with E-state index >= 15 is 4.79 Å². The Labute approximate surface area is 477 Å². The molecule has 384 valence electrons. The topological polar surface area (TPSA) is 68.1 Å². The molecule has 12 aromatic carbocycles. The molecule has 1 aliphatic heterocycles. The van der Waals surface area contributed by atoms with E-state index < -0.39 is 6.23 Å². The third kappa shape index (κ3) is 5.65. The largest absolute Gasteiger partial charge is 0.369 e. The van der Waals surface area contributed by atoms with Gasteiger partial charge in [0.05, 0.1) is 33.1 Å². The highest BCUT2D eigenvalue weighted by Gasteiger charge is 2.31. The van der Waals surface area contributed by atoms with Crippen LogP contribution in [-0.4, -0.2) is 18.5 Å².